The van der Waals surface area contributed by atoms with Crippen LogP contribution in [0.3, 0.4) is 0 Å². The predicted molar refractivity (Wildman–Crippen MR) is 82.4 cm³/mol. The van der Waals surface area contributed by atoms with Crippen molar-refractivity contribution in [3.05, 3.63) is 0 Å². The Morgan fingerprint density at radius 3 is 2.38 bits per heavy atom. The second-order valence-electron chi connectivity index (χ2n) is 6.73. The second kappa shape index (κ2) is 5.80. The highest BCUT2D eigenvalue weighted by molar-refractivity contribution is 7.80. The molecule has 21 heavy (non-hydrogen) atoms. The molecule has 0 unspecified atom stereocenters. The van der Waals surface area contributed by atoms with Crippen molar-refractivity contribution in [2.45, 2.75) is 50.5 Å². The van der Waals surface area contributed by atoms with Gasteiger partial charge in [0.25, 0.3) is 5.91 Å². The normalized spacial score (nSPS) is 28.0. The summed E-state index contributed by atoms with van der Waals surface area (Å²) in [6.07, 6.45) is 6.88. The first-order valence-corrected chi connectivity index (χ1v) is 8.57. The van der Waals surface area contributed by atoms with Crippen LogP contribution in [-0.4, -0.2) is 47.9 Å². The Kier molecular flexibility index (Phi) is 4.19. The van der Waals surface area contributed by atoms with Crippen molar-refractivity contribution in [2.24, 2.45) is 5.41 Å². The Balaban J connectivity index is 1.75. The molecule has 0 bridgehead atoms. The van der Waals surface area contributed by atoms with Crippen LogP contribution in [-0.2, 0) is 9.53 Å². The zero-order valence-electron chi connectivity index (χ0n) is 12.4. The SMILES string of the molecule is O=C1NC2(CCOCC2)C(=O)N1CC1(CS)CCCCC1. The van der Waals surface area contributed by atoms with Gasteiger partial charge in [-0.05, 0) is 24.0 Å². The molecular formula is C15H24N2O3S. The number of rotatable bonds is 3. The zero-order valence-corrected chi connectivity index (χ0v) is 13.3. The van der Waals surface area contributed by atoms with Crippen molar-refractivity contribution >= 4 is 24.6 Å². The Hall–Kier alpha value is -0.750. The number of nitrogens with one attached hydrogen (secondary N) is 1. The Labute approximate surface area is 131 Å². The molecule has 0 atom stereocenters. The summed E-state index contributed by atoms with van der Waals surface area (Å²) in [6.45, 7) is 1.60. The number of urea groups is 1. The van der Waals surface area contributed by atoms with Gasteiger partial charge in [0.05, 0.1) is 0 Å². The fraction of sp³-hybridized carbons (Fsp3) is 0.867. The minimum Gasteiger partial charge on any atom is -0.381 e. The van der Waals surface area contributed by atoms with Gasteiger partial charge in [0, 0.05) is 32.6 Å². The molecule has 1 N–H and O–H groups in total. The van der Waals surface area contributed by atoms with Crippen LogP contribution in [0.15, 0.2) is 0 Å². The number of hydrogen-bond acceptors (Lipinski definition) is 4. The molecule has 1 aliphatic carbocycles. The topological polar surface area (TPSA) is 58.6 Å². The molecule has 3 fully saturated rings. The van der Waals surface area contributed by atoms with Gasteiger partial charge in [0.1, 0.15) is 5.54 Å². The number of imide groups is 1. The summed E-state index contributed by atoms with van der Waals surface area (Å²) >= 11 is 4.51. The molecule has 6 heteroatoms. The van der Waals surface area contributed by atoms with Crippen LogP contribution < -0.4 is 5.32 Å². The molecule has 5 nitrogen and oxygen atoms in total. The van der Waals surface area contributed by atoms with E-state index in [2.05, 4.69) is 17.9 Å². The monoisotopic (exact) mass is 312 g/mol. The first-order valence-electron chi connectivity index (χ1n) is 7.94. The van der Waals surface area contributed by atoms with Gasteiger partial charge in [-0.1, -0.05) is 19.3 Å². The van der Waals surface area contributed by atoms with E-state index in [0.29, 0.717) is 32.6 Å². The van der Waals surface area contributed by atoms with E-state index < -0.39 is 5.54 Å². The zero-order chi connectivity index (χ0) is 14.9. The molecule has 2 saturated heterocycles. The highest BCUT2D eigenvalue weighted by atomic mass is 32.1. The van der Waals surface area contributed by atoms with E-state index in [9.17, 15) is 9.59 Å². The molecule has 118 valence electrons. The van der Waals surface area contributed by atoms with Crippen LogP contribution in [0.25, 0.3) is 0 Å². The van der Waals surface area contributed by atoms with Gasteiger partial charge in [-0.25, -0.2) is 4.79 Å². The number of thiol groups is 1. The lowest BCUT2D eigenvalue weighted by molar-refractivity contribution is -0.135. The quantitative estimate of drug-likeness (QED) is 0.619. The van der Waals surface area contributed by atoms with E-state index in [4.69, 9.17) is 4.74 Å². The molecular weight excluding hydrogens is 288 g/mol. The highest BCUT2D eigenvalue weighted by Gasteiger charge is 2.53. The molecule has 2 heterocycles. The van der Waals surface area contributed by atoms with Gasteiger partial charge in [0.2, 0.25) is 0 Å². The van der Waals surface area contributed by atoms with Crippen LogP contribution in [0.2, 0.25) is 0 Å². The van der Waals surface area contributed by atoms with Crippen molar-refractivity contribution in [3.8, 4) is 0 Å². The van der Waals surface area contributed by atoms with Gasteiger partial charge in [-0.2, -0.15) is 12.6 Å². The molecule has 0 aromatic rings. The summed E-state index contributed by atoms with van der Waals surface area (Å²) in [5.74, 6) is 0.683. The number of nitrogens with zero attached hydrogens (tertiary/aromatic N) is 1. The van der Waals surface area contributed by atoms with Crippen LogP contribution in [0.5, 0.6) is 0 Å². The minimum atomic E-state index is -0.707. The maximum Gasteiger partial charge on any atom is 0.325 e. The number of carbonyl (C=O) groups is 2. The summed E-state index contributed by atoms with van der Waals surface area (Å²) in [5.41, 5.74) is -0.702. The van der Waals surface area contributed by atoms with Gasteiger partial charge >= 0.3 is 6.03 Å². The summed E-state index contributed by atoms with van der Waals surface area (Å²) in [5, 5.41) is 2.93. The molecule has 3 rings (SSSR count). The van der Waals surface area contributed by atoms with Gasteiger partial charge in [0.15, 0.2) is 0 Å². The van der Waals surface area contributed by atoms with Crippen LogP contribution >= 0.6 is 12.6 Å². The molecule has 3 amide bonds. The third-order valence-electron chi connectivity index (χ3n) is 5.34. The molecule has 0 aromatic heterocycles. The molecule has 3 aliphatic rings. The largest absolute Gasteiger partial charge is 0.381 e. The molecule has 1 spiro atoms. The molecule has 0 aromatic carbocycles. The molecule has 2 aliphatic heterocycles. The summed E-state index contributed by atoms with van der Waals surface area (Å²) < 4.78 is 5.33. The predicted octanol–water partition coefficient (Wildman–Crippen LogP) is 1.97. The summed E-state index contributed by atoms with van der Waals surface area (Å²) in [7, 11) is 0. The lowest BCUT2D eigenvalue weighted by atomic mass is 9.75. The van der Waals surface area contributed by atoms with E-state index in [0.717, 1.165) is 18.6 Å². The van der Waals surface area contributed by atoms with Crippen LogP contribution in [0.4, 0.5) is 4.79 Å². The second-order valence-corrected chi connectivity index (χ2v) is 7.05. The van der Waals surface area contributed by atoms with Crippen LogP contribution in [0.1, 0.15) is 44.9 Å². The number of hydrogen-bond donors (Lipinski definition) is 2. The average Bonchev–Trinajstić information content (AvgIpc) is 2.73. The van der Waals surface area contributed by atoms with Gasteiger partial charge in [-0.15, -0.1) is 0 Å². The summed E-state index contributed by atoms with van der Waals surface area (Å²) in [6, 6.07) is -0.228. The van der Waals surface area contributed by atoms with Crippen molar-refractivity contribution in [1.29, 1.82) is 0 Å². The van der Waals surface area contributed by atoms with E-state index in [-0.39, 0.29) is 17.4 Å². The van der Waals surface area contributed by atoms with Crippen molar-refractivity contribution < 1.29 is 14.3 Å². The standard InChI is InChI=1S/C15H24N2O3S/c18-12-15(6-8-20-9-7-15)16-13(19)17(12)10-14(11-21)4-2-1-3-5-14/h21H,1-11H2,(H,16,19). The lowest BCUT2D eigenvalue weighted by Gasteiger charge is -2.38. The number of amides is 3. The Bertz CT molecular complexity index is 429. The van der Waals surface area contributed by atoms with Crippen LogP contribution in [0, 0.1) is 5.41 Å². The van der Waals surface area contributed by atoms with E-state index >= 15 is 0 Å². The summed E-state index contributed by atoms with van der Waals surface area (Å²) in [4.78, 5) is 26.6. The van der Waals surface area contributed by atoms with Crippen molar-refractivity contribution in [2.75, 3.05) is 25.5 Å². The number of ether oxygens (including phenoxy) is 1. The molecule has 0 radical (unpaired) electrons. The molecule has 1 saturated carbocycles. The van der Waals surface area contributed by atoms with Gasteiger partial charge < -0.3 is 10.1 Å². The number of carbonyl (C=O) groups excluding carboxylic acids is 2. The Morgan fingerprint density at radius 1 is 1.10 bits per heavy atom. The van der Waals surface area contributed by atoms with E-state index in [1.807, 2.05) is 0 Å². The van der Waals surface area contributed by atoms with Gasteiger partial charge in [-0.3, -0.25) is 9.69 Å². The van der Waals surface area contributed by atoms with E-state index in [1.54, 1.807) is 0 Å². The van der Waals surface area contributed by atoms with E-state index in [1.165, 1.54) is 24.2 Å². The average molecular weight is 312 g/mol. The smallest absolute Gasteiger partial charge is 0.325 e. The van der Waals surface area contributed by atoms with Crippen molar-refractivity contribution in [3.63, 3.8) is 0 Å². The maximum atomic E-state index is 12.8. The third kappa shape index (κ3) is 2.68. The first-order chi connectivity index (χ1) is 10.1. The third-order valence-corrected chi connectivity index (χ3v) is 6.01. The fourth-order valence-electron chi connectivity index (χ4n) is 3.88. The first kappa shape index (κ1) is 15.2. The minimum absolute atomic E-state index is 0.00502. The maximum absolute atomic E-state index is 12.8. The Morgan fingerprint density at radius 2 is 1.76 bits per heavy atom. The highest BCUT2D eigenvalue weighted by Crippen LogP contribution is 2.40. The van der Waals surface area contributed by atoms with Crippen molar-refractivity contribution in [1.82, 2.24) is 10.2 Å². The lowest BCUT2D eigenvalue weighted by Crippen LogP contribution is -2.51. The fourth-order valence-corrected chi connectivity index (χ4v) is 4.30.